The van der Waals surface area contributed by atoms with Gasteiger partial charge in [0.1, 0.15) is 12.0 Å². The number of anilines is 2. The molecule has 12 heteroatoms. The second-order valence-electron chi connectivity index (χ2n) is 6.05. The van der Waals surface area contributed by atoms with Gasteiger partial charge in [-0.05, 0) is 25.0 Å². The molecule has 1 fully saturated rings. The molecule has 2 aromatic heterocycles. The van der Waals surface area contributed by atoms with Crippen molar-refractivity contribution in [1.82, 2.24) is 20.4 Å². The largest absolute Gasteiger partial charge is 0.481 e. The number of rotatable bonds is 6. The Bertz CT molecular complexity index is 884. The second-order valence-corrected chi connectivity index (χ2v) is 6.05. The fourth-order valence-corrected chi connectivity index (χ4v) is 2.88. The fourth-order valence-electron chi connectivity index (χ4n) is 2.88. The molecule has 28 heavy (non-hydrogen) atoms. The van der Waals surface area contributed by atoms with Crippen molar-refractivity contribution in [3.8, 4) is 0 Å². The number of nitrogens with one attached hydrogen (secondary N) is 2. The lowest BCUT2D eigenvalue weighted by molar-refractivity contribution is -0.383. The molecule has 0 aliphatic carbocycles. The molecule has 0 aromatic carbocycles. The molecule has 0 atom stereocenters. The van der Waals surface area contributed by atoms with Gasteiger partial charge in [-0.1, -0.05) is 6.07 Å². The average molecular weight is 387 g/mol. The first-order valence-corrected chi connectivity index (χ1v) is 8.42. The molecule has 0 radical (unpaired) electrons. The zero-order valence-electron chi connectivity index (χ0n) is 14.6. The first-order chi connectivity index (χ1) is 13.5. The smallest absolute Gasteiger partial charge is 0.355 e. The normalized spacial score (nSPS) is 14.4. The van der Waals surface area contributed by atoms with E-state index in [9.17, 15) is 19.7 Å². The van der Waals surface area contributed by atoms with Crippen LogP contribution in [0.4, 0.5) is 17.3 Å². The molecule has 0 unspecified atom stereocenters. The van der Waals surface area contributed by atoms with Gasteiger partial charge in [0, 0.05) is 19.3 Å². The van der Waals surface area contributed by atoms with E-state index in [1.54, 1.807) is 17.0 Å². The highest BCUT2D eigenvalue weighted by Crippen LogP contribution is 2.33. The van der Waals surface area contributed by atoms with Crippen molar-refractivity contribution < 1.29 is 19.6 Å². The maximum absolute atomic E-state index is 12.1. The summed E-state index contributed by atoms with van der Waals surface area (Å²) in [6.07, 6.45) is 3.30. The summed E-state index contributed by atoms with van der Waals surface area (Å²) in [4.78, 5) is 47.5. The second kappa shape index (κ2) is 8.24. The molecule has 3 heterocycles. The summed E-state index contributed by atoms with van der Waals surface area (Å²) in [6, 6.07) is 4.77. The predicted octanol–water partition coefficient (Wildman–Crippen LogP) is 0.838. The van der Waals surface area contributed by atoms with Crippen LogP contribution in [0.2, 0.25) is 0 Å². The first-order valence-electron chi connectivity index (χ1n) is 8.42. The van der Waals surface area contributed by atoms with Crippen LogP contribution >= 0.6 is 0 Å². The van der Waals surface area contributed by atoms with Crippen molar-refractivity contribution in [2.45, 2.75) is 12.8 Å². The molecule has 12 nitrogen and oxygen atoms in total. The molecule has 1 aliphatic heterocycles. The number of carboxylic acid groups (broad SMARTS) is 1. The molecular weight excluding hydrogens is 370 g/mol. The first kappa shape index (κ1) is 18.9. The van der Waals surface area contributed by atoms with E-state index in [4.69, 9.17) is 5.11 Å². The number of aromatic nitrogens is 3. The van der Waals surface area contributed by atoms with Gasteiger partial charge >= 0.3 is 11.7 Å². The van der Waals surface area contributed by atoms with E-state index < -0.39 is 28.4 Å². The Morgan fingerprint density at radius 2 is 1.96 bits per heavy atom. The lowest BCUT2D eigenvalue weighted by Crippen LogP contribution is -2.37. The summed E-state index contributed by atoms with van der Waals surface area (Å²) in [5.74, 6) is -2.06. The van der Waals surface area contributed by atoms with Gasteiger partial charge in [0.2, 0.25) is 11.6 Å². The van der Waals surface area contributed by atoms with Gasteiger partial charge < -0.3 is 10.0 Å². The molecule has 0 saturated carbocycles. The van der Waals surface area contributed by atoms with Crippen LogP contribution in [0.1, 0.15) is 23.3 Å². The number of hydrogen-bond donors (Lipinski definition) is 3. The lowest BCUT2D eigenvalue weighted by atomic mass is 9.97. The van der Waals surface area contributed by atoms with E-state index in [1.807, 2.05) is 0 Å². The SMILES string of the molecule is O=C(NNc1ncnc(N2CCC(C(=O)O)CC2)c1[N+](=O)[O-])c1ccccn1. The third-order valence-corrected chi connectivity index (χ3v) is 4.32. The van der Waals surface area contributed by atoms with Gasteiger partial charge in [-0.3, -0.25) is 35.5 Å². The van der Waals surface area contributed by atoms with Gasteiger partial charge in [0.15, 0.2) is 0 Å². The van der Waals surface area contributed by atoms with Crippen molar-refractivity contribution >= 4 is 29.2 Å². The van der Waals surface area contributed by atoms with Crippen LogP contribution in [0.15, 0.2) is 30.7 Å². The number of nitrogens with zero attached hydrogens (tertiary/aromatic N) is 5. The van der Waals surface area contributed by atoms with Crippen LogP contribution in [0, 0.1) is 16.0 Å². The Labute approximate surface area is 158 Å². The van der Waals surface area contributed by atoms with Crippen LogP contribution in [-0.4, -0.2) is 49.9 Å². The number of carboxylic acids is 1. The number of hydrazine groups is 1. The molecule has 1 amide bonds. The highest BCUT2D eigenvalue weighted by molar-refractivity contribution is 5.93. The topological polar surface area (TPSA) is 163 Å². The molecule has 3 N–H and O–H groups in total. The monoisotopic (exact) mass is 387 g/mol. The third kappa shape index (κ3) is 4.11. The number of aliphatic carboxylic acids is 1. The Kier molecular flexibility index (Phi) is 5.58. The maximum atomic E-state index is 12.1. The van der Waals surface area contributed by atoms with Crippen LogP contribution in [0.5, 0.6) is 0 Å². The third-order valence-electron chi connectivity index (χ3n) is 4.32. The Morgan fingerprint density at radius 1 is 1.21 bits per heavy atom. The summed E-state index contributed by atoms with van der Waals surface area (Å²) < 4.78 is 0. The number of amides is 1. The van der Waals surface area contributed by atoms with Crippen LogP contribution in [-0.2, 0) is 4.79 Å². The van der Waals surface area contributed by atoms with E-state index in [2.05, 4.69) is 25.8 Å². The molecule has 0 bridgehead atoms. The summed E-state index contributed by atoms with van der Waals surface area (Å²) in [5, 5.41) is 20.7. The van der Waals surface area contributed by atoms with E-state index in [1.165, 1.54) is 12.3 Å². The van der Waals surface area contributed by atoms with Crippen molar-refractivity contribution in [3.05, 3.63) is 46.5 Å². The molecule has 146 valence electrons. The Balaban J connectivity index is 1.77. The zero-order valence-corrected chi connectivity index (χ0v) is 14.6. The van der Waals surface area contributed by atoms with E-state index >= 15 is 0 Å². The maximum Gasteiger partial charge on any atom is 0.355 e. The quantitative estimate of drug-likeness (QED) is 0.478. The lowest BCUT2D eigenvalue weighted by Gasteiger charge is -2.30. The van der Waals surface area contributed by atoms with Crippen molar-refractivity contribution in [2.24, 2.45) is 5.92 Å². The number of piperidine rings is 1. The molecule has 3 rings (SSSR count). The summed E-state index contributed by atoms with van der Waals surface area (Å²) in [5.41, 5.74) is 4.49. The van der Waals surface area contributed by atoms with Gasteiger partial charge in [-0.25, -0.2) is 9.97 Å². The molecular formula is C16H17N7O5. The number of nitro groups is 1. The highest BCUT2D eigenvalue weighted by atomic mass is 16.6. The Morgan fingerprint density at radius 3 is 2.57 bits per heavy atom. The minimum absolute atomic E-state index is 0.0680. The number of carbonyl (C=O) groups is 2. The van der Waals surface area contributed by atoms with E-state index in [-0.39, 0.29) is 17.3 Å². The Hall–Kier alpha value is -3.83. The van der Waals surface area contributed by atoms with Gasteiger partial charge in [-0.2, -0.15) is 0 Å². The van der Waals surface area contributed by atoms with Crippen molar-refractivity contribution in [1.29, 1.82) is 0 Å². The number of carbonyl (C=O) groups excluding carboxylic acids is 1. The van der Waals surface area contributed by atoms with Gasteiger partial charge in [0.25, 0.3) is 5.91 Å². The highest BCUT2D eigenvalue weighted by Gasteiger charge is 2.31. The minimum atomic E-state index is -0.878. The summed E-state index contributed by atoms with van der Waals surface area (Å²) >= 11 is 0. The van der Waals surface area contributed by atoms with Gasteiger partial charge in [-0.15, -0.1) is 0 Å². The molecule has 2 aromatic rings. The zero-order chi connectivity index (χ0) is 20.1. The molecule has 1 aliphatic rings. The van der Waals surface area contributed by atoms with E-state index in [0.717, 1.165) is 6.33 Å². The van der Waals surface area contributed by atoms with Crippen molar-refractivity contribution in [3.63, 3.8) is 0 Å². The van der Waals surface area contributed by atoms with E-state index in [0.29, 0.717) is 25.9 Å². The van der Waals surface area contributed by atoms with Crippen LogP contribution in [0.3, 0.4) is 0 Å². The van der Waals surface area contributed by atoms with Gasteiger partial charge in [0.05, 0.1) is 10.8 Å². The molecule has 0 spiro atoms. The average Bonchev–Trinajstić information content (AvgIpc) is 2.72. The number of hydrogen-bond acceptors (Lipinski definition) is 9. The number of pyridine rings is 1. The predicted molar refractivity (Wildman–Crippen MR) is 96.6 cm³/mol. The minimum Gasteiger partial charge on any atom is -0.481 e. The molecule has 1 saturated heterocycles. The fraction of sp³-hybridized carbons (Fsp3) is 0.312. The standard InChI is InChI=1S/C16H17N7O5/c24-15(11-3-1-2-6-17-11)21-20-13-12(23(27)28)14(19-9-18-13)22-7-4-10(5-8-22)16(25)26/h1-3,6,9-10H,4-5,7-8H2,(H,21,24)(H,25,26)(H,18,19,20). The summed E-state index contributed by atoms with van der Waals surface area (Å²) in [7, 11) is 0. The summed E-state index contributed by atoms with van der Waals surface area (Å²) in [6.45, 7) is 0.628. The van der Waals surface area contributed by atoms with Crippen LogP contribution in [0.25, 0.3) is 0 Å². The van der Waals surface area contributed by atoms with Crippen LogP contribution < -0.4 is 15.8 Å². The van der Waals surface area contributed by atoms with Crippen molar-refractivity contribution in [2.75, 3.05) is 23.4 Å².